The van der Waals surface area contributed by atoms with Crippen molar-refractivity contribution in [1.82, 2.24) is 30.2 Å². The van der Waals surface area contributed by atoms with E-state index in [0.717, 1.165) is 23.5 Å². The Morgan fingerprint density at radius 1 is 1.35 bits per heavy atom. The summed E-state index contributed by atoms with van der Waals surface area (Å²) in [5.74, 6) is 1.12. The lowest BCUT2D eigenvalue weighted by atomic mass is 10.3. The Morgan fingerprint density at radius 3 is 2.91 bits per heavy atom. The largest absolute Gasteiger partial charge is 0.338 e. The van der Waals surface area contributed by atoms with Crippen LogP contribution in [0, 0.1) is 13.8 Å². The van der Waals surface area contributed by atoms with Crippen molar-refractivity contribution >= 4 is 0 Å². The monoisotopic (exact) mass is 312 g/mol. The molecule has 120 valence electrons. The van der Waals surface area contributed by atoms with Gasteiger partial charge in [0.25, 0.3) is 0 Å². The number of aromatic nitrogens is 5. The Balaban J connectivity index is 1.56. The molecule has 0 aliphatic rings. The Morgan fingerprint density at radius 2 is 2.22 bits per heavy atom. The number of hydrogen-bond acceptors (Lipinski definition) is 6. The van der Waals surface area contributed by atoms with Crippen LogP contribution in [0.3, 0.4) is 0 Å². The van der Waals surface area contributed by atoms with E-state index in [9.17, 15) is 0 Å². The number of nitrogens with one attached hydrogen (secondary N) is 1. The molecule has 3 aromatic rings. The van der Waals surface area contributed by atoms with E-state index in [1.165, 1.54) is 0 Å². The van der Waals surface area contributed by atoms with Crippen LogP contribution in [0.2, 0.25) is 0 Å². The van der Waals surface area contributed by atoms with Crippen LogP contribution in [0.5, 0.6) is 0 Å². The maximum atomic E-state index is 5.27. The van der Waals surface area contributed by atoms with E-state index in [1.807, 2.05) is 23.7 Å². The third kappa shape index (κ3) is 3.81. The molecule has 0 aliphatic carbocycles. The van der Waals surface area contributed by atoms with Crippen molar-refractivity contribution in [3.63, 3.8) is 0 Å². The fourth-order valence-corrected chi connectivity index (χ4v) is 2.38. The molecule has 7 nitrogen and oxygen atoms in total. The quantitative estimate of drug-likeness (QED) is 0.751. The third-order valence-corrected chi connectivity index (χ3v) is 3.54. The summed E-state index contributed by atoms with van der Waals surface area (Å²) < 4.78 is 7.28. The molecule has 0 saturated carbocycles. The molecule has 0 amide bonds. The molecule has 3 heterocycles. The van der Waals surface area contributed by atoms with E-state index < -0.39 is 0 Å². The van der Waals surface area contributed by atoms with Crippen molar-refractivity contribution in [1.29, 1.82) is 0 Å². The van der Waals surface area contributed by atoms with Gasteiger partial charge in [-0.05, 0) is 39.0 Å². The van der Waals surface area contributed by atoms with E-state index in [1.54, 1.807) is 12.4 Å². The molecule has 0 aliphatic heterocycles. The van der Waals surface area contributed by atoms with Crippen LogP contribution in [-0.2, 0) is 13.1 Å². The molecule has 0 unspecified atom stereocenters. The highest BCUT2D eigenvalue weighted by Gasteiger charge is 2.11. The summed E-state index contributed by atoms with van der Waals surface area (Å²) >= 11 is 0. The predicted molar refractivity (Wildman–Crippen MR) is 85.5 cm³/mol. The van der Waals surface area contributed by atoms with Crippen LogP contribution in [0.4, 0.5) is 0 Å². The van der Waals surface area contributed by atoms with Gasteiger partial charge in [0, 0.05) is 29.7 Å². The number of rotatable bonds is 6. The normalized spacial score (nSPS) is 12.5. The zero-order valence-corrected chi connectivity index (χ0v) is 13.5. The van der Waals surface area contributed by atoms with Gasteiger partial charge in [-0.25, -0.2) is 0 Å². The highest BCUT2D eigenvalue weighted by molar-refractivity contribution is 5.51. The van der Waals surface area contributed by atoms with Crippen LogP contribution in [0.15, 0.2) is 35.1 Å². The number of pyridine rings is 1. The van der Waals surface area contributed by atoms with Gasteiger partial charge in [-0.15, -0.1) is 0 Å². The Kier molecular flexibility index (Phi) is 4.47. The van der Waals surface area contributed by atoms with Crippen molar-refractivity contribution in [3.05, 3.63) is 47.9 Å². The second-order valence-corrected chi connectivity index (χ2v) is 5.64. The molecule has 0 spiro atoms. The van der Waals surface area contributed by atoms with Crippen LogP contribution in [0.1, 0.15) is 24.2 Å². The minimum absolute atomic E-state index is 0.238. The van der Waals surface area contributed by atoms with Crippen molar-refractivity contribution < 1.29 is 4.52 Å². The number of aryl methyl sites for hydroxylation is 2. The van der Waals surface area contributed by atoms with Crippen molar-refractivity contribution in [2.45, 2.75) is 39.9 Å². The zero-order chi connectivity index (χ0) is 16.2. The van der Waals surface area contributed by atoms with Crippen LogP contribution >= 0.6 is 0 Å². The second kappa shape index (κ2) is 6.70. The van der Waals surface area contributed by atoms with Crippen LogP contribution in [-0.4, -0.2) is 30.9 Å². The van der Waals surface area contributed by atoms with Gasteiger partial charge >= 0.3 is 0 Å². The highest BCUT2D eigenvalue weighted by Crippen LogP contribution is 2.13. The van der Waals surface area contributed by atoms with E-state index >= 15 is 0 Å². The first kappa shape index (κ1) is 15.4. The number of hydrogen-bond donors (Lipinski definition) is 1. The van der Waals surface area contributed by atoms with Gasteiger partial charge in [-0.3, -0.25) is 9.67 Å². The van der Waals surface area contributed by atoms with Crippen LogP contribution < -0.4 is 5.32 Å². The molecule has 0 radical (unpaired) electrons. The van der Waals surface area contributed by atoms with Gasteiger partial charge in [-0.2, -0.15) is 10.1 Å². The summed E-state index contributed by atoms with van der Waals surface area (Å²) in [6.45, 7) is 7.48. The van der Waals surface area contributed by atoms with Crippen molar-refractivity contribution in [2.24, 2.45) is 0 Å². The molecule has 1 N–H and O–H groups in total. The predicted octanol–water partition coefficient (Wildman–Crippen LogP) is 2.12. The molecule has 7 heteroatoms. The molecular weight excluding hydrogens is 292 g/mol. The first-order chi connectivity index (χ1) is 11.1. The molecule has 23 heavy (non-hydrogen) atoms. The van der Waals surface area contributed by atoms with Gasteiger partial charge in [0.15, 0.2) is 0 Å². The molecular formula is C16H20N6O. The van der Waals surface area contributed by atoms with E-state index in [-0.39, 0.29) is 6.04 Å². The topological polar surface area (TPSA) is 81.7 Å². The molecule has 0 aromatic carbocycles. The lowest BCUT2D eigenvalue weighted by Gasteiger charge is -2.13. The Bertz CT molecular complexity index is 764. The fourth-order valence-electron chi connectivity index (χ4n) is 2.38. The fraction of sp³-hybridized carbons (Fsp3) is 0.375. The minimum atomic E-state index is 0.238. The maximum absolute atomic E-state index is 5.27. The van der Waals surface area contributed by atoms with E-state index in [4.69, 9.17) is 4.52 Å². The average Bonchev–Trinajstić information content (AvgIpc) is 3.13. The van der Waals surface area contributed by atoms with Gasteiger partial charge in [-0.1, -0.05) is 5.16 Å². The van der Waals surface area contributed by atoms with Gasteiger partial charge < -0.3 is 9.84 Å². The average molecular weight is 312 g/mol. The summed E-state index contributed by atoms with van der Waals surface area (Å²) in [5.41, 5.74) is 3.04. The maximum Gasteiger partial charge on any atom is 0.240 e. The standard InChI is InChI=1S/C16H20N6O/c1-11-7-13(3)22(20-11)10-12(2)18-9-15-19-16(21-23-15)14-5-4-6-17-8-14/h4-8,12,18H,9-10H2,1-3H3/t12-/m1/s1. The number of nitrogens with zero attached hydrogens (tertiary/aromatic N) is 5. The third-order valence-electron chi connectivity index (χ3n) is 3.54. The zero-order valence-electron chi connectivity index (χ0n) is 13.5. The van der Waals surface area contributed by atoms with Crippen molar-refractivity contribution in [3.8, 4) is 11.4 Å². The first-order valence-corrected chi connectivity index (χ1v) is 7.59. The molecule has 3 aromatic heterocycles. The summed E-state index contributed by atoms with van der Waals surface area (Å²) in [5, 5.41) is 11.8. The second-order valence-electron chi connectivity index (χ2n) is 5.64. The summed E-state index contributed by atoms with van der Waals surface area (Å²) in [6.07, 6.45) is 3.43. The summed E-state index contributed by atoms with van der Waals surface area (Å²) in [4.78, 5) is 8.43. The van der Waals surface area contributed by atoms with E-state index in [0.29, 0.717) is 18.3 Å². The van der Waals surface area contributed by atoms with Gasteiger partial charge in [0.2, 0.25) is 11.7 Å². The lowest BCUT2D eigenvalue weighted by Crippen LogP contribution is -2.30. The van der Waals surface area contributed by atoms with Crippen molar-refractivity contribution in [2.75, 3.05) is 0 Å². The first-order valence-electron chi connectivity index (χ1n) is 7.59. The Hall–Kier alpha value is -2.54. The van der Waals surface area contributed by atoms with Crippen LogP contribution in [0.25, 0.3) is 11.4 Å². The molecule has 0 bridgehead atoms. The lowest BCUT2D eigenvalue weighted by molar-refractivity contribution is 0.350. The minimum Gasteiger partial charge on any atom is -0.338 e. The molecule has 0 saturated heterocycles. The van der Waals surface area contributed by atoms with E-state index in [2.05, 4.69) is 45.5 Å². The molecule has 3 rings (SSSR count). The molecule has 1 atom stereocenters. The summed E-state index contributed by atoms with van der Waals surface area (Å²) in [7, 11) is 0. The molecule has 0 fully saturated rings. The SMILES string of the molecule is Cc1cc(C)n(C[C@@H](C)NCc2nc(-c3cccnc3)no2)n1. The Labute approximate surface area is 134 Å². The van der Waals surface area contributed by atoms with Gasteiger partial charge in [0.1, 0.15) is 0 Å². The highest BCUT2D eigenvalue weighted by atomic mass is 16.5. The smallest absolute Gasteiger partial charge is 0.240 e. The summed E-state index contributed by atoms with van der Waals surface area (Å²) in [6, 6.07) is 6.06. The van der Waals surface area contributed by atoms with Gasteiger partial charge in [0.05, 0.1) is 18.8 Å².